The largest absolute Gasteiger partial charge is 0.458 e. The average Bonchev–Trinajstić information content (AvgIpc) is 2.20. The molecule has 1 heterocycles. The van der Waals surface area contributed by atoms with E-state index in [1.165, 1.54) is 6.42 Å². The van der Waals surface area contributed by atoms with Crippen LogP contribution in [0.2, 0.25) is 0 Å². The van der Waals surface area contributed by atoms with E-state index in [2.05, 4.69) is 27.7 Å². The van der Waals surface area contributed by atoms with Crippen molar-refractivity contribution in [3.8, 4) is 0 Å². The number of hydrogen-bond donors (Lipinski definition) is 0. The maximum atomic E-state index is 12.4. The van der Waals surface area contributed by atoms with Crippen LogP contribution in [0.25, 0.3) is 0 Å². The molecule has 0 aliphatic carbocycles. The van der Waals surface area contributed by atoms with Crippen molar-refractivity contribution in [1.82, 2.24) is 5.06 Å². The molecule has 0 bridgehead atoms. The van der Waals surface area contributed by atoms with E-state index in [4.69, 9.17) is 9.57 Å². The molecule has 0 radical (unpaired) electrons. The van der Waals surface area contributed by atoms with Crippen molar-refractivity contribution in [2.45, 2.75) is 104 Å². The predicted octanol–water partition coefficient (Wildman–Crippen LogP) is 4.08. The van der Waals surface area contributed by atoms with Gasteiger partial charge in [0, 0.05) is 11.1 Å². The molecule has 21 heavy (non-hydrogen) atoms. The Hall–Kier alpha value is -0.610. The number of hydroxylamine groups is 2. The highest BCUT2D eigenvalue weighted by Crippen LogP contribution is 2.40. The lowest BCUT2D eigenvalue weighted by atomic mass is 9.82. The molecule has 1 rings (SSSR count). The van der Waals surface area contributed by atoms with E-state index in [-0.39, 0.29) is 17.0 Å². The van der Waals surface area contributed by atoms with Gasteiger partial charge in [-0.3, -0.25) is 4.84 Å². The van der Waals surface area contributed by atoms with Crippen LogP contribution in [-0.4, -0.2) is 33.3 Å². The van der Waals surface area contributed by atoms with E-state index in [9.17, 15) is 4.79 Å². The number of nitrogens with zero attached hydrogens (tertiary/aromatic N) is 1. The zero-order valence-corrected chi connectivity index (χ0v) is 15.3. The fourth-order valence-electron chi connectivity index (χ4n) is 2.89. The monoisotopic (exact) mass is 299 g/mol. The summed E-state index contributed by atoms with van der Waals surface area (Å²) in [6, 6.07) is 0. The van der Waals surface area contributed by atoms with Crippen LogP contribution in [0.4, 0.5) is 0 Å². The van der Waals surface area contributed by atoms with E-state index in [1.807, 2.05) is 25.8 Å². The molecule has 4 heteroatoms. The van der Waals surface area contributed by atoms with Crippen LogP contribution in [0.15, 0.2) is 0 Å². The molecule has 1 aliphatic heterocycles. The number of carbonyl (C=O) groups excluding carboxylic acids is 1. The summed E-state index contributed by atoms with van der Waals surface area (Å²) in [6.45, 7) is 17.8. The van der Waals surface area contributed by atoms with Crippen molar-refractivity contribution in [1.29, 1.82) is 0 Å². The van der Waals surface area contributed by atoms with Crippen LogP contribution in [0.5, 0.6) is 0 Å². The van der Waals surface area contributed by atoms with Crippen LogP contribution in [-0.2, 0) is 14.4 Å². The molecule has 1 fully saturated rings. The Bertz CT molecular complexity index is 375. The molecule has 0 amide bonds. The summed E-state index contributed by atoms with van der Waals surface area (Å²) in [7, 11) is 0. The summed E-state index contributed by atoms with van der Waals surface area (Å²) in [5.74, 6) is -0.327. The van der Waals surface area contributed by atoms with Crippen LogP contribution < -0.4 is 0 Å². The first-order valence-electron chi connectivity index (χ1n) is 7.90. The third kappa shape index (κ3) is 4.68. The number of esters is 1. The highest BCUT2D eigenvalue weighted by Gasteiger charge is 2.47. The molecular formula is C17H33NO3. The average molecular weight is 299 g/mol. The van der Waals surface area contributed by atoms with Gasteiger partial charge in [0.15, 0.2) is 5.60 Å². The molecule has 0 aromatic rings. The lowest BCUT2D eigenvalue weighted by Gasteiger charge is -2.53. The molecule has 4 nitrogen and oxygen atoms in total. The van der Waals surface area contributed by atoms with E-state index in [1.54, 1.807) is 13.8 Å². The lowest BCUT2D eigenvalue weighted by molar-refractivity contribution is -0.326. The van der Waals surface area contributed by atoms with Gasteiger partial charge in [-0.25, -0.2) is 4.79 Å². The molecule has 1 saturated heterocycles. The van der Waals surface area contributed by atoms with Gasteiger partial charge < -0.3 is 4.74 Å². The van der Waals surface area contributed by atoms with Gasteiger partial charge in [0.05, 0.1) is 0 Å². The Morgan fingerprint density at radius 3 is 1.76 bits per heavy atom. The molecule has 0 saturated carbocycles. The van der Waals surface area contributed by atoms with E-state index < -0.39 is 11.2 Å². The van der Waals surface area contributed by atoms with Crippen LogP contribution in [0, 0.1) is 0 Å². The van der Waals surface area contributed by atoms with Gasteiger partial charge >= 0.3 is 5.97 Å². The summed E-state index contributed by atoms with van der Waals surface area (Å²) >= 11 is 0. The second kappa shape index (κ2) is 5.54. The summed E-state index contributed by atoms with van der Waals surface area (Å²) < 4.78 is 5.49. The van der Waals surface area contributed by atoms with Crippen molar-refractivity contribution in [3.63, 3.8) is 0 Å². The van der Waals surface area contributed by atoms with Gasteiger partial charge in [-0.1, -0.05) is 0 Å². The Morgan fingerprint density at radius 2 is 1.38 bits per heavy atom. The Morgan fingerprint density at radius 1 is 0.952 bits per heavy atom. The van der Waals surface area contributed by atoms with Gasteiger partial charge in [0.1, 0.15) is 5.60 Å². The van der Waals surface area contributed by atoms with Gasteiger partial charge in [-0.2, -0.15) is 5.06 Å². The second-order valence-corrected chi connectivity index (χ2v) is 8.88. The second-order valence-electron chi connectivity index (χ2n) is 8.88. The fourth-order valence-corrected chi connectivity index (χ4v) is 2.89. The molecule has 0 aromatic heterocycles. The van der Waals surface area contributed by atoms with Gasteiger partial charge in [-0.05, 0) is 81.6 Å². The van der Waals surface area contributed by atoms with Crippen molar-refractivity contribution < 1.29 is 14.4 Å². The van der Waals surface area contributed by atoms with E-state index in [0.717, 1.165) is 12.8 Å². The third-order valence-corrected chi connectivity index (χ3v) is 3.89. The zero-order valence-electron chi connectivity index (χ0n) is 15.3. The fraction of sp³-hybridized carbons (Fsp3) is 0.941. The van der Waals surface area contributed by atoms with Gasteiger partial charge in [0.2, 0.25) is 0 Å². The lowest BCUT2D eigenvalue weighted by Crippen LogP contribution is -2.62. The molecule has 0 unspecified atom stereocenters. The quantitative estimate of drug-likeness (QED) is 0.736. The predicted molar refractivity (Wildman–Crippen MR) is 84.9 cm³/mol. The van der Waals surface area contributed by atoms with E-state index >= 15 is 0 Å². The molecule has 0 atom stereocenters. The summed E-state index contributed by atoms with van der Waals surface area (Å²) in [4.78, 5) is 18.6. The first-order valence-corrected chi connectivity index (χ1v) is 7.90. The smallest absolute Gasteiger partial charge is 0.340 e. The third-order valence-electron chi connectivity index (χ3n) is 3.89. The van der Waals surface area contributed by atoms with E-state index in [0.29, 0.717) is 0 Å². The van der Waals surface area contributed by atoms with Crippen LogP contribution in [0.3, 0.4) is 0 Å². The standard InChI is InChI=1S/C17H33NO3/c1-14(2,3)20-13(19)17(8,9)21-18-15(4,5)11-10-12-16(18,6)7/h10-12H2,1-9H3. The summed E-state index contributed by atoms with van der Waals surface area (Å²) in [5, 5.41) is 2.01. The van der Waals surface area contributed by atoms with Gasteiger partial charge in [-0.15, -0.1) is 0 Å². The molecular weight excluding hydrogens is 266 g/mol. The minimum Gasteiger partial charge on any atom is -0.458 e. The van der Waals surface area contributed by atoms with Crippen LogP contribution >= 0.6 is 0 Å². The van der Waals surface area contributed by atoms with Gasteiger partial charge in [0.25, 0.3) is 0 Å². The highest BCUT2D eigenvalue weighted by atomic mass is 16.7. The maximum Gasteiger partial charge on any atom is 0.340 e. The molecule has 0 spiro atoms. The van der Waals surface area contributed by atoms with Crippen LogP contribution in [0.1, 0.15) is 81.6 Å². The Balaban J connectivity index is 2.92. The minimum absolute atomic E-state index is 0.0962. The number of rotatable bonds is 3. The summed E-state index contributed by atoms with van der Waals surface area (Å²) in [6.07, 6.45) is 3.29. The summed E-state index contributed by atoms with van der Waals surface area (Å²) in [5.41, 5.74) is -1.70. The molecule has 0 aromatic carbocycles. The number of piperidine rings is 1. The minimum atomic E-state index is -1.00. The molecule has 1 aliphatic rings. The number of hydrogen-bond acceptors (Lipinski definition) is 4. The normalized spacial score (nSPS) is 22.9. The maximum absolute atomic E-state index is 12.4. The Labute approximate surface area is 130 Å². The topological polar surface area (TPSA) is 38.8 Å². The SMILES string of the molecule is CC(C)(C)OC(=O)C(C)(C)ON1C(C)(C)CCCC1(C)C. The number of carbonyl (C=O) groups is 1. The molecule has 124 valence electrons. The van der Waals surface area contributed by atoms with Crippen molar-refractivity contribution in [2.75, 3.05) is 0 Å². The molecule has 0 N–H and O–H groups in total. The zero-order chi connectivity index (χ0) is 16.7. The first-order chi connectivity index (χ1) is 9.17. The number of ether oxygens (including phenoxy) is 1. The van der Waals surface area contributed by atoms with Crippen molar-refractivity contribution in [3.05, 3.63) is 0 Å². The Kier molecular flexibility index (Phi) is 4.87. The van der Waals surface area contributed by atoms with Crippen molar-refractivity contribution >= 4 is 5.97 Å². The van der Waals surface area contributed by atoms with Crippen molar-refractivity contribution in [2.24, 2.45) is 0 Å². The highest BCUT2D eigenvalue weighted by molar-refractivity contribution is 5.78. The first kappa shape index (κ1) is 18.4.